The molecule has 0 saturated carbocycles. The van der Waals surface area contributed by atoms with Gasteiger partial charge in [0.25, 0.3) is 0 Å². The van der Waals surface area contributed by atoms with Crippen molar-refractivity contribution in [1.29, 1.82) is 5.26 Å². The molecule has 1 saturated heterocycles. The Labute approximate surface area is 192 Å². The molecule has 0 aliphatic carbocycles. The van der Waals surface area contributed by atoms with Crippen LogP contribution in [0.3, 0.4) is 0 Å². The molecule has 2 aromatic rings. The maximum Gasteiger partial charge on any atom is 0.130 e. The van der Waals surface area contributed by atoms with Crippen molar-refractivity contribution in [3.8, 4) is 6.07 Å². The highest BCUT2D eigenvalue weighted by Gasteiger charge is 2.22. The topological polar surface area (TPSA) is 43.2 Å². The van der Waals surface area contributed by atoms with Crippen LogP contribution in [0.2, 0.25) is 0 Å². The highest BCUT2D eigenvalue weighted by Crippen LogP contribution is 2.34. The molecule has 0 radical (unpaired) electrons. The van der Waals surface area contributed by atoms with E-state index in [-0.39, 0.29) is 6.04 Å². The van der Waals surface area contributed by atoms with E-state index in [2.05, 4.69) is 68.1 Å². The second-order valence-electron chi connectivity index (χ2n) is 8.47. The molecule has 1 aliphatic heterocycles. The number of pyridine rings is 1. The molecule has 32 heavy (non-hydrogen) atoms. The van der Waals surface area contributed by atoms with Gasteiger partial charge in [-0.25, -0.2) is 4.98 Å². The minimum absolute atomic E-state index is 0.0362. The fourth-order valence-corrected chi connectivity index (χ4v) is 4.47. The van der Waals surface area contributed by atoms with Gasteiger partial charge in [0.2, 0.25) is 0 Å². The Balaban J connectivity index is 2.20. The Kier molecular flexibility index (Phi) is 7.53. The number of nitriles is 1. The fraction of sp³-hybridized carbons (Fsp3) is 0.357. The first-order valence-corrected chi connectivity index (χ1v) is 11.4. The number of aryl methyl sites for hydroxylation is 1. The summed E-state index contributed by atoms with van der Waals surface area (Å²) in [7, 11) is 2.08. The normalized spacial score (nSPS) is 14.8. The van der Waals surface area contributed by atoms with Crippen LogP contribution in [0.1, 0.15) is 55.8 Å². The molecule has 0 N–H and O–H groups in total. The maximum atomic E-state index is 9.94. The zero-order chi connectivity index (χ0) is 23.3. The Morgan fingerprint density at radius 2 is 1.88 bits per heavy atom. The summed E-state index contributed by atoms with van der Waals surface area (Å²) in [5.41, 5.74) is 5.88. The largest absolute Gasteiger partial charge is 0.367 e. The number of hydrogen-bond donors (Lipinski definition) is 0. The number of likely N-dealkylation sites (N-methyl/N-ethyl adjacent to an activating group) is 1. The lowest BCUT2D eigenvalue weighted by Crippen LogP contribution is -2.30. The fourth-order valence-electron chi connectivity index (χ4n) is 4.47. The first-order valence-electron chi connectivity index (χ1n) is 11.4. The number of aromatic nitrogens is 1. The minimum Gasteiger partial charge on any atom is -0.367 e. The third-order valence-corrected chi connectivity index (χ3v) is 6.35. The van der Waals surface area contributed by atoms with Crippen molar-refractivity contribution >= 4 is 16.7 Å². The van der Waals surface area contributed by atoms with E-state index in [4.69, 9.17) is 4.98 Å². The van der Waals surface area contributed by atoms with E-state index in [1.807, 2.05) is 31.2 Å². The third kappa shape index (κ3) is 4.62. The van der Waals surface area contributed by atoms with Gasteiger partial charge in [-0.1, -0.05) is 37.5 Å². The zero-order valence-electron chi connectivity index (χ0n) is 19.9. The molecule has 166 valence electrons. The number of rotatable bonds is 7. The summed E-state index contributed by atoms with van der Waals surface area (Å²) in [5, 5.41) is 10.9. The Morgan fingerprint density at radius 3 is 2.47 bits per heavy atom. The average Bonchev–Trinajstić information content (AvgIpc) is 2.82. The van der Waals surface area contributed by atoms with Crippen molar-refractivity contribution in [1.82, 2.24) is 9.88 Å². The van der Waals surface area contributed by atoms with Crippen molar-refractivity contribution in [2.75, 3.05) is 25.0 Å². The molecule has 1 aliphatic rings. The summed E-state index contributed by atoms with van der Waals surface area (Å²) >= 11 is 0. The minimum atomic E-state index is 0.0362. The van der Waals surface area contributed by atoms with E-state index < -0.39 is 0 Å². The van der Waals surface area contributed by atoms with Gasteiger partial charge in [-0.3, -0.25) is 0 Å². The summed E-state index contributed by atoms with van der Waals surface area (Å²) in [4.78, 5) is 9.67. The van der Waals surface area contributed by atoms with Gasteiger partial charge in [-0.15, -0.1) is 0 Å². The van der Waals surface area contributed by atoms with Crippen LogP contribution in [0.15, 0.2) is 66.9 Å². The van der Waals surface area contributed by atoms with E-state index in [9.17, 15) is 5.26 Å². The van der Waals surface area contributed by atoms with Crippen LogP contribution in [0, 0.1) is 18.3 Å². The quantitative estimate of drug-likeness (QED) is 0.468. The van der Waals surface area contributed by atoms with Gasteiger partial charge in [0, 0.05) is 36.8 Å². The lowest BCUT2D eigenvalue weighted by Gasteiger charge is -2.31. The molecule has 1 fully saturated rings. The lowest BCUT2D eigenvalue weighted by molar-refractivity contribution is 0.340. The molecule has 0 amide bonds. The summed E-state index contributed by atoms with van der Waals surface area (Å²) in [6.07, 6.45) is 11.4. The molecular formula is C28H34N4. The van der Waals surface area contributed by atoms with Gasteiger partial charge >= 0.3 is 0 Å². The van der Waals surface area contributed by atoms with Crippen LogP contribution >= 0.6 is 0 Å². The van der Waals surface area contributed by atoms with Crippen molar-refractivity contribution < 1.29 is 0 Å². The van der Waals surface area contributed by atoms with Crippen LogP contribution < -0.4 is 4.90 Å². The van der Waals surface area contributed by atoms with E-state index in [0.29, 0.717) is 5.56 Å². The second kappa shape index (κ2) is 10.3. The molecule has 0 spiro atoms. The molecule has 1 aromatic carbocycles. The lowest BCUT2D eigenvalue weighted by atomic mass is 9.96. The summed E-state index contributed by atoms with van der Waals surface area (Å²) in [6, 6.07) is 8.71. The standard InChI is InChI=1S/C28H34N4/c1-7-13-26(22(8-2)9-3)31(6)21(5)24-16-20(4)17-25-23(19-29)18-27(30-28(24)25)32-14-11-10-12-15-32/h7-9,13,16-18,21H,2-3,10-12,14-15H2,1,4-6H3/b13-7-. The predicted octanol–water partition coefficient (Wildman–Crippen LogP) is 6.60. The van der Waals surface area contributed by atoms with Crippen molar-refractivity contribution in [2.24, 2.45) is 0 Å². The van der Waals surface area contributed by atoms with Gasteiger partial charge in [-0.05, 0) is 69.4 Å². The molecule has 1 aromatic heterocycles. The number of fused-ring (bicyclic) bond motifs is 1. The zero-order valence-corrected chi connectivity index (χ0v) is 19.9. The monoisotopic (exact) mass is 426 g/mol. The maximum absolute atomic E-state index is 9.94. The highest BCUT2D eigenvalue weighted by atomic mass is 15.2. The second-order valence-corrected chi connectivity index (χ2v) is 8.47. The van der Waals surface area contributed by atoms with Gasteiger partial charge in [0.1, 0.15) is 5.82 Å². The Morgan fingerprint density at radius 1 is 1.19 bits per heavy atom. The molecule has 1 atom stereocenters. The number of hydrogen-bond acceptors (Lipinski definition) is 4. The molecule has 4 nitrogen and oxygen atoms in total. The van der Waals surface area contributed by atoms with Crippen LogP contribution in [0.25, 0.3) is 10.9 Å². The predicted molar refractivity (Wildman–Crippen MR) is 136 cm³/mol. The van der Waals surface area contributed by atoms with Crippen molar-refractivity contribution in [2.45, 2.75) is 46.1 Å². The first kappa shape index (κ1) is 23.3. The molecule has 4 heteroatoms. The third-order valence-electron chi connectivity index (χ3n) is 6.35. The van der Waals surface area contributed by atoms with E-state index in [1.54, 1.807) is 0 Å². The van der Waals surface area contributed by atoms with Gasteiger partial charge in [0.15, 0.2) is 0 Å². The number of nitrogens with zero attached hydrogens (tertiary/aromatic N) is 4. The van der Waals surface area contributed by atoms with E-state index >= 15 is 0 Å². The summed E-state index contributed by atoms with van der Waals surface area (Å²) < 4.78 is 0. The van der Waals surface area contributed by atoms with Gasteiger partial charge in [0.05, 0.1) is 23.2 Å². The average molecular weight is 427 g/mol. The van der Waals surface area contributed by atoms with Gasteiger partial charge in [-0.2, -0.15) is 5.26 Å². The molecule has 3 rings (SSSR count). The van der Waals surface area contributed by atoms with Crippen LogP contribution in [0.5, 0.6) is 0 Å². The van der Waals surface area contributed by atoms with Crippen molar-refractivity contribution in [3.63, 3.8) is 0 Å². The number of piperidine rings is 1. The van der Waals surface area contributed by atoms with E-state index in [1.165, 1.54) is 19.3 Å². The number of allylic oxidation sites excluding steroid dienone is 5. The molecule has 0 bridgehead atoms. The highest BCUT2D eigenvalue weighted by molar-refractivity contribution is 5.90. The van der Waals surface area contributed by atoms with Crippen molar-refractivity contribution in [3.05, 3.63) is 83.6 Å². The molecular weight excluding hydrogens is 392 g/mol. The SMILES string of the molecule is C=CC(C=C)=C(/C=C\C)N(C)C(C)c1cc(C)cc2c(C#N)cc(N3CCCCC3)nc12. The van der Waals surface area contributed by atoms with Crippen LogP contribution in [-0.4, -0.2) is 30.0 Å². The van der Waals surface area contributed by atoms with Crippen LogP contribution in [-0.2, 0) is 0 Å². The first-order chi connectivity index (χ1) is 15.4. The number of benzene rings is 1. The van der Waals surface area contributed by atoms with Gasteiger partial charge < -0.3 is 9.80 Å². The Bertz CT molecular complexity index is 1100. The molecule has 1 unspecified atom stereocenters. The smallest absolute Gasteiger partial charge is 0.130 e. The summed E-state index contributed by atoms with van der Waals surface area (Å²) in [6.45, 7) is 16.2. The molecule has 2 heterocycles. The number of anilines is 1. The summed E-state index contributed by atoms with van der Waals surface area (Å²) in [5.74, 6) is 0.913. The Hall–Kier alpha value is -3.32. The van der Waals surface area contributed by atoms with Crippen LogP contribution in [0.4, 0.5) is 5.82 Å². The van der Waals surface area contributed by atoms with E-state index in [0.717, 1.165) is 52.2 Å².